The Kier molecular flexibility index (Phi) is 5.77. The maximum Gasteiger partial charge on any atom is 0.0195 e. The quantitative estimate of drug-likeness (QED) is 0.749. The van der Waals surface area contributed by atoms with E-state index in [2.05, 4.69) is 44.8 Å². The van der Waals surface area contributed by atoms with Gasteiger partial charge in [-0.1, -0.05) is 20.3 Å². The number of nitrogens with one attached hydrogen (secondary N) is 1. The van der Waals surface area contributed by atoms with Gasteiger partial charge < -0.3 is 5.32 Å². The molecule has 0 saturated carbocycles. The zero-order valence-electron chi connectivity index (χ0n) is 11.8. The van der Waals surface area contributed by atoms with Crippen molar-refractivity contribution in [1.29, 1.82) is 0 Å². The summed E-state index contributed by atoms with van der Waals surface area (Å²) in [5.41, 5.74) is 0. The molecule has 0 aromatic rings. The molecule has 2 nitrogen and oxygen atoms in total. The van der Waals surface area contributed by atoms with Crippen LogP contribution >= 0.6 is 0 Å². The molecule has 16 heavy (non-hydrogen) atoms. The average Bonchev–Trinajstić information content (AvgIpc) is 2.55. The summed E-state index contributed by atoms with van der Waals surface area (Å²) in [5.74, 6) is 0.880. The predicted octanol–water partition coefficient (Wildman–Crippen LogP) is 2.88. The number of rotatable bonds is 6. The maximum absolute atomic E-state index is 3.65. The summed E-state index contributed by atoms with van der Waals surface area (Å²) in [6.45, 7) is 14.1. The Hall–Kier alpha value is -0.0800. The van der Waals surface area contributed by atoms with Gasteiger partial charge in [0.1, 0.15) is 0 Å². The van der Waals surface area contributed by atoms with E-state index in [1.807, 2.05) is 0 Å². The lowest BCUT2D eigenvalue weighted by atomic mass is 10.1. The summed E-state index contributed by atoms with van der Waals surface area (Å²) < 4.78 is 0. The normalized spacial score (nSPS) is 30.6. The molecular weight excluding hydrogens is 196 g/mol. The topological polar surface area (TPSA) is 15.3 Å². The monoisotopic (exact) mass is 226 g/mol. The van der Waals surface area contributed by atoms with E-state index in [1.165, 1.54) is 25.8 Å². The minimum absolute atomic E-state index is 0.669. The summed E-state index contributed by atoms with van der Waals surface area (Å²) in [7, 11) is 0. The fourth-order valence-electron chi connectivity index (χ4n) is 2.97. The summed E-state index contributed by atoms with van der Waals surface area (Å²) in [6.07, 6.45) is 3.94. The molecule has 4 atom stereocenters. The van der Waals surface area contributed by atoms with Crippen LogP contribution in [0.25, 0.3) is 0 Å². The van der Waals surface area contributed by atoms with Gasteiger partial charge in [0.05, 0.1) is 0 Å². The highest BCUT2D eigenvalue weighted by molar-refractivity contribution is 4.84. The van der Waals surface area contributed by atoms with Crippen LogP contribution < -0.4 is 5.32 Å². The van der Waals surface area contributed by atoms with E-state index in [1.54, 1.807) is 0 Å². The van der Waals surface area contributed by atoms with Crippen molar-refractivity contribution in [3.63, 3.8) is 0 Å². The smallest absolute Gasteiger partial charge is 0.0195 e. The number of hydrogen-bond acceptors (Lipinski definition) is 2. The van der Waals surface area contributed by atoms with E-state index in [0.29, 0.717) is 12.1 Å². The molecule has 4 unspecified atom stereocenters. The van der Waals surface area contributed by atoms with Crippen molar-refractivity contribution in [2.24, 2.45) is 5.92 Å². The van der Waals surface area contributed by atoms with E-state index in [0.717, 1.165) is 18.5 Å². The van der Waals surface area contributed by atoms with Crippen LogP contribution in [0.2, 0.25) is 0 Å². The van der Waals surface area contributed by atoms with Gasteiger partial charge >= 0.3 is 0 Å². The van der Waals surface area contributed by atoms with Gasteiger partial charge in [-0.15, -0.1) is 0 Å². The molecule has 1 heterocycles. The van der Waals surface area contributed by atoms with Crippen LogP contribution in [0.4, 0.5) is 0 Å². The predicted molar refractivity (Wildman–Crippen MR) is 71.8 cm³/mol. The van der Waals surface area contributed by atoms with E-state index < -0.39 is 0 Å². The van der Waals surface area contributed by atoms with Gasteiger partial charge in [0.2, 0.25) is 0 Å². The Bertz CT molecular complexity index is 193. The first kappa shape index (κ1) is 14.0. The van der Waals surface area contributed by atoms with Crippen LogP contribution in [0.1, 0.15) is 53.9 Å². The van der Waals surface area contributed by atoms with Crippen molar-refractivity contribution in [3.05, 3.63) is 0 Å². The highest BCUT2D eigenvalue weighted by Crippen LogP contribution is 2.24. The van der Waals surface area contributed by atoms with Crippen molar-refractivity contribution in [2.75, 3.05) is 13.1 Å². The third-order valence-corrected chi connectivity index (χ3v) is 3.88. The average molecular weight is 226 g/mol. The third kappa shape index (κ3) is 4.06. The molecule has 0 aromatic heterocycles. The van der Waals surface area contributed by atoms with Crippen LogP contribution in [-0.4, -0.2) is 36.1 Å². The lowest BCUT2D eigenvalue weighted by Gasteiger charge is -2.30. The SMILES string of the molecule is CCCC(C)NCC(C)N1CC(C)CC1C. The van der Waals surface area contributed by atoms with Crippen molar-refractivity contribution in [3.8, 4) is 0 Å². The van der Waals surface area contributed by atoms with Crippen LogP contribution in [0, 0.1) is 5.92 Å². The summed E-state index contributed by atoms with van der Waals surface area (Å²) >= 11 is 0. The Balaban J connectivity index is 2.26. The molecule has 1 rings (SSSR count). The molecule has 1 saturated heterocycles. The molecule has 1 aliphatic heterocycles. The molecule has 0 aliphatic carbocycles. The second kappa shape index (κ2) is 6.61. The number of nitrogens with zero attached hydrogens (tertiary/aromatic N) is 1. The van der Waals surface area contributed by atoms with Gasteiger partial charge in [0, 0.05) is 31.2 Å². The fourth-order valence-corrected chi connectivity index (χ4v) is 2.97. The lowest BCUT2D eigenvalue weighted by Crippen LogP contribution is -2.44. The standard InChI is InChI=1S/C14H30N2/c1-6-7-12(3)15-9-14(5)16-10-11(2)8-13(16)4/h11-15H,6-10H2,1-5H3. The Morgan fingerprint density at radius 3 is 2.50 bits per heavy atom. The van der Waals surface area contributed by atoms with E-state index in [4.69, 9.17) is 0 Å². The number of likely N-dealkylation sites (tertiary alicyclic amines) is 1. The Morgan fingerprint density at radius 2 is 2.00 bits per heavy atom. The molecule has 0 amide bonds. The minimum atomic E-state index is 0.669. The van der Waals surface area contributed by atoms with Crippen LogP contribution in [0.3, 0.4) is 0 Å². The molecule has 0 spiro atoms. The number of hydrogen-bond donors (Lipinski definition) is 1. The molecule has 1 N–H and O–H groups in total. The highest BCUT2D eigenvalue weighted by Gasteiger charge is 2.29. The maximum atomic E-state index is 3.65. The van der Waals surface area contributed by atoms with Crippen molar-refractivity contribution < 1.29 is 0 Å². The van der Waals surface area contributed by atoms with Gasteiger partial charge in [0.15, 0.2) is 0 Å². The largest absolute Gasteiger partial charge is 0.313 e. The Morgan fingerprint density at radius 1 is 1.31 bits per heavy atom. The van der Waals surface area contributed by atoms with Crippen molar-refractivity contribution >= 4 is 0 Å². The van der Waals surface area contributed by atoms with E-state index >= 15 is 0 Å². The summed E-state index contributed by atoms with van der Waals surface area (Å²) in [5, 5.41) is 3.65. The molecule has 1 aliphatic rings. The summed E-state index contributed by atoms with van der Waals surface area (Å²) in [4.78, 5) is 2.66. The zero-order valence-corrected chi connectivity index (χ0v) is 11.8. The minimum Gasteiger partial charge on any atom is -0.313 e. The van der Waals surface area contributed by atoms with Gasteiger partial charge in [-0.3, -0.25) is 4.90 Å². The van der Waals surface area contributed by atoms with Crippen LogP contribution in [-0.2, 0) is 0 Å². The molecular formula is C14H30N2. The third-order valence-electron chi connectivity index (χ3n) is 3.88. The van der Waals surface area contributed by atoms with E-state index in [9.17, 15) is 0 Å². The van der Waals surface area contributed by atoms with Crippen molar-refractivity contribution in [1.82, 2.24) is 10.2 Å². The first-order valence-electron chi connectivity index (χ1n) is 7.03. The van der Waals surface area contributed by atoms with Gasteiger partial charge in [-0.05, 0) is 39.5 Å². The molecule has 96 valence electrons. The van der Waals surface area contributed by atoms with Crippen LogP contribution in [0.15, 0.2) is 0 Å². The second-order valence-corrected chi connectivity index (χ2v) is 5.83. The zero-order chi connectivity index (χ0) is 12.1. The molecule has 1 fully saturated rings. The summed E-state index contributed by atoms with van der Waals surface area (Å²) in [6, 6.07) is 2.12. The highest BCUT2D eigenvalue weighted by atomic mass is 15.2. The lowest BCUT2D eigenvalue weighted by molar-refractivity contribution is 0.191. The van der Waals surface area contributed by atoms with Gasteiger partial charge in [-0.2, -0.15) is 0 Å². The van der Waals surface area contributed by atoms with Gasteiger partial charge in [-0.25, -0.2) is 0 Å². The molecule has 0 radical (unpaired) electrons. The van der Waals surface area contributed by atoms with Gasteiger partial charge in [0.25, 0.3) is 0 Å². The van der Waals surface area contributed by atoms with E-state index in [-0.39, 0.29) is 0 Å². The van der Waals surface area contributed by atoms with Crippen LogP contribution in [0.5, 0.6) is 0 Å². The first-order valence-corrected chi connectivity index (χ1v) is 7.03. The fraction of sp³-hybridized carbons (Fsp3) is 1.00. The molecule has 0 bridgehead atoms. The first-order chi connectivity index (χ1) is 7.54. The second-order valence-electron chi connectivity index (χ2n) is 5.83. The van der Waals surface area contributed by atoms with Crippen molar-refractivity contribution in [2.45, 2.75) is 72.0 Å². The Labute approximate surface area is 102 Å². The molecule has 2 heteroatoms. The molecule has 0 aromatic carbocycles.